The Morgan fingerprint density at radius 1 is 1.27 bits per heavy atom. The van der Waals surface area contributed by atoms with Crippen LogP contribution in [0.2, 0.25) is 5.02 Å². The highest BCUT2D eigenvalue weighted by Crippen LogP contribution is 2.49. The van der Waals surface area contributed by atoms with E-state index in [0.29, 0.717) is 23.6 Å². The number of nitrogens with zero attached hydrogens (tertiary/aromatic N) is 2. The van der Waals surface area contributed by atoms with Crippen molar-refractivity contribution in [1.82, 2.24) is 10.2 Å². The van der Waals surface area contributed by atoms with E-state index in [9.17, 15) is 29.1 Å². The molecule has 0 aromatic heterocycles. The van der Waals surface area contributed by atoms with Crippen molar-refractivity contribution in [3.05, 3.63) is 46.5 Å². The molecule has 52 heavy (non-hydrogen) atoms. The third-order valence-electron chi connectivity index (χ3n) is 9.66. The zero-order valence-electron chi connectivity index (χ0n) is 30.5. The van der Waals surface area contributed by atoms with Gasteiger partial charge in [-0.05, 0) is 38.0 Å². The van der Waals surface area contributed by atoms with Crippen molar-refractivity contribution < 1.29 is 52.8 Å². The fourth-order valence-electron chi connectivity index (χ4n) is 6.56. The van der Waals surface area contributed by atoms with Gasteiger partial charge >= 0.3 is 12.1 Å². The number of epoxide rings is 1. The standard InChI is InChI=1S/C36H48ClN3O11S/c1-21-9-8-10-27(48-7)36(46)19-26(49-34(45)38-36)22(2)33-35(3,51-33)28(50-31(44)20-39(4)29(42)11-13-52-14-12-41)18-30(43)40(5)24-16-23(15-21)17-25(47-6)32(24)37/h8-10,12,16-17,22,26-28,33,46H,11,13-15,18-20H2,1-7H3,(H,38,45)/b10-8-,21-9+/t22-,26+,27?,28-,33?,35+,36?/m1/s1. The van der Waals surface area contributed by atoms with E-state index in [1.165, 1.54) is 42.8 Å². The summed E-state index contributed by atoms with van der Waals surface area (Å²) in [6, 6.07) is 3.56. The first kappa shape index (κ1) is 41.1. The molecule has 1 aromatic rings. The number of aldehydes is 1. The van der Waals surface area contributed by atoms with Gasteiger partial charge in [0.2, 0.25) is 11.8 Å². The first-order valence-electron chi connectivity index (χ1n) is 16.9. The van der Waals surface area contributed by atoms with E-state index < -0.39 is 66.2 Å². The van der Waals surface area contributed by atoms with E-state index in [-0.39, 0.29) is 35.9 Å². The molecule has 4 bridgehead atoms. The normalized spacial score (nSPS) is 30.8. The smallest absolute Gasteiger partial charge is 0.409 e. The van der Waals surface area contributed by atoms with Crippen LogP contribution in [0.25, 0.3) is 0 Å². The quantitative estimate of drug-likeness (QED) is 0.154. The van der Waals surface area contributed by atoms with E-state index in [4.69, 9.17) is 35.3 Å². The number of likely N-dealkylation sites (N-methyl/N-ethyl adjacent to an activating group) is 1. The summed E-state index contributed by atoms with van der Waals surface area (Å²) in [6.07, 6.45) is 1.72. The van der Waals surface area contributed by atoms with Gasteiger partial charge in [0, 0.05) is 51.5 Å². The maximum absolute atomic E-state index is 14.0. The van der Waals surface area contributed by atoms with Crippen LogP contribution in [-0.4, -0.2) is 122 Å². The second-order valence-electron chi connectivity index (χ2n) is 13.5. The molecule has 3 amide bonds. The molecule has 0 aliphatic carbocycles. The number of hydrogen-bond donors (Lipinski definition) is 2. The number of amides is 3. The Morgan fingerprint density at radius 3 is 2.67 bits per heavy atom. The Hall–Kier alpha value is -3.63. The van der Waals surface area contributed by atoms with E-state index in [0.717, 1.165) is 17.4 Å². The fourth-order valence-corrected chi connectivity index (χ4v) is 7.46. The van der Waals surface area contributed by atoms with Crippen molar-refractivity contribution in [1.29, 1.82) is 0 Å². The number of ether oxygens (including phenoxy) is 5. The number of anilines is 1. The van der Waals surface area contributed by atoms with Gasteiger partial charge in [0.25, 0.3) is 0 Å². The zero-order valence-corrected chi connectivity index (χ0v) is 32.1. The molecule has 4 rings (SSSR count). The number of carbonyl (C=O) groups excluding carboxylic acids is 5. The molecule has 14 nitrogen and oxygen atoms in total. The summed E-state index contributed by atoms with van der Waals surface area (Å²) in [6.45, 7) is 5.00. The number of alkyl carbamates (subject to hydrolysis) is 1. The Morgan fingerprint density at radius 2 is 2.00 bits per heavy atom. The first-order chi connectivity index (χ1) is 24.6. The number of methoxy groups -OCH3 is 2. The van der Waals surface area contributed by atoms with Gasteiger partial charge in [0.15, 0.2) is 5.72 Å². The molecule has 0 saturated carbocycles. The number of benzene rings is 1. The SMILES string of the molecule is COc1cc2cc(c1Cl)N(C)C(=O)C[C@@H](OC(=O)CN(C)C(=O)CCSCC=O)[C@]1(C)OC1[C@H](C)[C@@H]1CC(O)(NC(=O)O1)C(OC)/C=C\C=C(/C)C2. The molecule has 2 saturated heterocycles. The molecule has 3 aliphatic heterocycles. The molecular formula is C36H48ClN3O11S. The Balaban J connectivity index is 1.70. The lowest BCUT2D eigenvalue weighted by molar-refractivity contribution is -0.157. The van der Waals surface area contributed by atoms with Crippen LogP contribution in [0.3, 0.4) is 0 Å². The van der Waals surface area contributed by atoms with Crippen molar-refractivity contribution in [3.63, 3.8) is 0 Å². The number of hydrogen-bond acceptors (Lipinski definition) is 12. The van der Waals surface area contributed by atoms with Gasteiger partial charge in [0.1, 0.15) is 47.5 Å². The van der Waals surface area contributed by atoms with Crippen LogP contribution >= 0.6 is 23.4 Å². The van der Waals surface area contributed by atoms with Crippen LogP contribution in [0.5, 0.6) is 5.75 Å². The molecule has 16 heteroatoms. The molecule has 7 atom stereocenters. The summed E-state index contributed by atoms with van der Waals surface area (Å²) >= 11 is 8.03. The largest absolute Gasteiger partial charge is 0.495 e. The molecule has 3 unspecified atom stereocenters. The van der Waals surface area contributed by atoms with Gasteiger partial charge < -0.3 is 43.4 Å². The van der Waals surface area contributed by atoms with Gasteiger partial charge in [0.05, 0.1) is 25.3 Å². The maximum Gasteiger partial charge on any atom is 0.409 e. The van der Waals surface area contributed by atoms with Gasteiger partial charge in [-0.3, -0.25) is 19.7 Å². The molecule has 3 heterocycles. The zero-order chi connectivity index (χ0) is 38.4. The van der Waals surface area contributed by atoms with Crippen LogP contribution in [0, 0.1) is 5.92 Å². The van der Waals surface area contributed by atoms with Crippen molar-refractivity contribution in [3.8, 4) is 5.75 Å². The minimum absolute atomic E-state index is 0.0598. The summed E-state index contributed by atoms with van der Waals surface area (Å²) in [5, 5.41) is 14.4. The van der Waals surface area contributed by atoms with Crippen LogP contribution in [0.4, 0.5) is 10.5 Å². The number of allylic oxidation sites excluding steroid dienone is 3. The van der Waals surface area contributed by atoms with Crippen molar-refractivity contribution in [2.24, 2.45) is 5.92 Å². The summed E-state index contributed by atoms with van der Waals surface area (Å²) in [5.74, 6) is -1.03. The Labute approximate surface area is 313 Å². The number of rotatable bonds is 10. The van der Waals surface area contributed by atoms with Crippen molar-refractivity contribution >= 4 is 59.2 Å². The predicted octanol–water partition coefficient (Wildman–Crippen LogP) is 3.45. The third kappa shape index (κ3) is 9.67. The van der Waals surface area contributed by atoms with E-state index >= 15 is 0 Å². The lowest BCUT2D eigenvalue weighted by Gasteiger charge is -2.42. The number of esters is 1. The van der Waals surface area contributed by atoms with E-state index in [2.05, 4.69) is 5.32 Å². The first-order valence-corrected chi connectivity index (χ1v) is 18.4. The minimum Gasteiger partial charge on any atom is -0.495 e. The summed E-state index contributed by atoms with van der Waals surface area (Å²) in [5.41, 5.74) is -0.956. The highest BCUT2D eigenvalue weighted by molar-refractivity contribution is 7.99. The Bertz CT molecular complexity index is 1590. The predicted molar refractivity (Wildman–Crippen MR) is 194 cm³/mol. The highest BCUT2D eigenvalue weighted by Gasteiger charge is 2.64. The molecular weight excluding hydrogens is 718 g/mol. The molecule has 2 N–H and O–H groups in total. The molecule has 0 radical (unpaired) electrons. The Kier molecular flexibility index (Phi) is 13.8. The van der Waals surface area contributed by atoms with E-state index in [1.807, 2.05) is 13.0 Å². The van der Waals surface area contributed by atoms with Crippen LogP contribution in [0.15, 0.2) is 35.9 Å². The number of halogens is 1. The molecule has 2 fully saturated rings. The average molecular weight is 766 g/mol. The summed E-state index contributed by atoms with van der Waals surface area (Å²) < 4.78 is 28.9. The number of fused-ring (bicyclic) bond motifs is 5. The summed E-state index contributed by atoms with van der Waals surface area (Å²) in [4.78, 5) is 66.0. The topological polar surface area (TPSA) is 174 Å². The number of thioether (sulfide) groups is 1. The molecule has 286 valence electrons. The molecule has 0 spiro atoms. The number of carbonyl (C=O) groups is 5. The maximum atomic E-state index is 14.0. The second kappa shape index (κ2) is 17.5. The second-order valence-corrected chi connectivity index (χ2v) is 15.0. The van der Waals surface area contributed by atoms with Gasteiger partial charge in [-0.1, -0.05) is 42.3 Å². The van der Waals surface area contributed by atoms with Gasteiger partial charge in [-0.15, -0.1) is 0 Å². The van der Waals surface area contributed by atoms with Crippen molar-refractivity contribution in [2.45, 2.75) is 82.2 Å². The van der Waals surface area contributed by atoms with Crippen LogP contribution < -0.4 is 15.0 Å². The minimum atomic E-state index is -1.83. The number of aliphatic hydroxyl groups is 1. The fraction of sp³-hybridized carbons (Fsp3) is 0.583. The monoisotopic (exact) mass is 765 g/mol. The van der Waals surface area contributed by atoms with E-state index in [1.54, 1.807) is 45.2 Å². The summed E-state index contributed by atoms with van der Waals surface area (Å²) in [7, 11) is 5.93. The lowest BCUT2D eigenvalue weighted by Crippen LogP contribution is -2.63. The number of nitrogens with one attached hydrogen (secondary N) is 1. The van der Waals surface area contributed by atoms with Crippen LogP contribution in [0.1, 0.15) is 45.6 Å². The van der Waals surface area contributed by atoms with Crippen LogP contribution in [-0.2, 0) is 44.5 Å². The average Bonchev–Trinajstić information content (AvgIpc) is 3.79. The lowest BCUT2D eigenvalue weighted by atomic mass is 9.83. The molecule has 3 aliphatic rings. The van der Waals surface area contributed by atoms with Gasteiger partial charge in [-0.2, -0.15) is 11.8 Å². The highest BCUT2D eigenvalue weighted by atomic mass is 35.5. The third-order valence-corrected chi connectivity index (χ3v) is 10.9. The van der Waals surface area contributed by atoms with Crippen molar-refractivity contribution in [2.75, 3.05) is 51.3 Å². The molecule has 1 aromatic carbocycles. The van der Waals surface area contributed by atoms with Gasteiger partial charge in [-0.25, -0.2) is 4.79 Å².